The topological polar surface area (TPSA) is 33.2 Å². The summed E-state index contributed by atoms with van der Waals surface area (Å²) in [7, 11) is 0. The van der Waals surface area contributed by atoms with E-state index < -0.39 is 0 Å². The van der Waals surface area contributed by atoms with Crippen LogP contribution in [0.4, 0.5) is 0 Å². The fourth-order valence-electron chi connectivity index (χ4n) is 3.23. The molecular formula is C16H14ClN2OS. The summed E-state index contributed by atoms with van der Waals surface area (Å²) < 4.78 is 0. The summed E-state index contributed by atoms with van der Waals surface area (Å²) in [5.41, 5.74) is 3.20. The molecular weight excluding hydrogens is 304 g/mol. The van der Waals surface area contributed by atoms with Crippen LogP contribution in [0.15, 0.2) is 29.8 Å². The largest absolute Gasteiger partial charge is 0.331 e. The number of piperidine rings is 1. The van der Waals surface area contributed by atoms with Crippen molar-refractivity contribution in [3.05, 3.63) is 47.4 Å². The third kappa shape index (κ3) is 2.17. The highest BCUT2D eigenvalue weighted by Crippen LogP contribution is 2.48. The van der Waals surface area contributed by atoms with Crippen molar-refractivity contribution in [2.24, 2.45) is 5.92 Å². The summed E-state index contributed by atoms with van der Waals surface area (Å²) in [6, 6.07) is 8.01. The molecule has 3 nitrogen and oxygen atoms in total. The van der Waals surface area contributed by atoms with Gasteiger partial charge in [-0.15, -0.1) is 11.3 Å². The van der Waals surface area contributed by atoms with Crippen LogP contribution in [0.5, 0.6) is 0 Å². The van der Waals surface area contributed by atoms with Gasteiger partial charge in [0.05, 0.1) is 10.4 Å². The van der Waals surface area contributed by atoms with E-state index in [2.05, 4.69) is 11.9 Å². The van der Waals surface area contributed by atoms with Gasteiger partial charge in [-0.25, -0.2) is 4.98 Å². The first-order valence-corrected chi connectivity index (χ1v) is 8.26. The van der Waals surface area contributed by atoms with Gasteiger partial charge in [-0.3, -0.25) is 4.79 Å². The molecule has 4 rings (SSSR count). The molecule has 3 atom stereocenters. The molecule has 2 heterocycles. The van der Waals surface area contributed by atoms with Crippen LogP contribution in [-0.2, 0) is 0 Å². The Bertz CT molecular complexity index is 712. The monoisotopic (exact) mass is 317 g/mol. The molecule has 2 fully saturated rings. The van der Waals surface area contributed by atoms with Crippen LogP contribution in [-0.4, -0.2) is 27.9 Å². The number of likely N-dealkylation sites (tertiary alicyclic amines) is 1. The number of benzene rings is 1. The first kappa shape index (κ1) is 13.3. The first-order valence-electron chi connectivity index (χ1n) is 7.00. The number of rotatable bonds is 2. The van der Waals surface area contributed by atoms with Crippen LogP contribution in [0.2, 0.25) is 5.02 Å². The Morgan fingerprint density at radius 3 is 3.00 bits per heavy atom. The molecule has 1 aliphatic carbocycles. The maximum absolute atomic E-state index is 12.8. The molecule has 1 amide bonds. The van der Waals surface area contributed by atoms with Gasteiger partial charge in [-0.1, -0.05) is 23.7 Å². The number of hydrogen-bond donors (Lipinski definition) is 0. The van der Waals surface area contributed by atoms with Crippen molar-refractivity contribution in [1.29, 1.82) is 0 Å². The number of carbonyl (C=O) groups excluding carboxylic acids is 1. The third-order valence-corrected chi connectivity index (χ3v) is 5.41. The number of halogens is 1. The van der Waals surface area contributed by atoms with Crippen molar-refractivity contribution >= 4 is 28.8 Å². The Hall–Kier alpha value is -1.39. The van der Waals surface area contributed by atoms with Crippen LogP contribution in [0.3, 0.4) is 0 Å². The fraction of sp³-hybridized carbons (Fsp3) is 0.312. The van der Waals surface area contributed by atoms with Gasteiger partial charge < -0.3 is 4.90 Å². The number of carbonyl (C=O) groups is 1. The predicted octanol–water partition coefficient (Wildman–Crippen LogP) is 3.90. The van der Waals surface area contributed by atoms with E-state index in [0.717, 1.165) is 23.3 Å². The van der Waals surface area contributed by atoms with E-state index in [4.69, 9.17) is 11.6 Å². The predicted molar refractivity (Wildman–Crippen MR) is 84.4 cm³/mol. The zero-order valence-corrected chi connectivity index (χ0v) is 12.9. The summed E-state index contributed by atoms with van der Waals surface area (Å²) >= 11 is 7.53. The van der Waals surface area contributed by atoms with E-state index in [1.807, 2.05) is 29.2 Å². The number of hydrogen-bond acceptors (Lipinski definition) is 3. The highest BCUT2D eigenvalue weighted by molar-refractivity contribution is 7.13. The Morgan fingerprint density at radius 2 is 2.29 bits per heavy atom. The van der Waals surface area contributed by atoms with Gasteiger partial charge in [0.25, 0.3) is 5.91 Å². The fourth-order valence-corrected chi connectivity index (χ4v) is 4.20. The molecule has 0 spiro atoms. The van der Waals surface area contributed by atoms with Crippen LogP contribution in [0, 0.1) is 12.8 Å². The lowest BCUT2D eigenvalue weighted by Gasteiger charge is -2.24. The zero-order valence-electron chi connectivity index (χ0n) is 11.3. The molecule has 1 aliphatic heterocycles. The van der Waals surface area contributed by atoms with Crippen LogP contribution >= 0.6 is 22.9 Å². The van der Waals surface area contributed by atoms with Crippen molar-refractivity contribution < 1.29 is 4.79 Å². The van der Waals surface area contributed by atoms with Gasteiger partial charge in [0, 0.05) is 17.1 Å². The van der Waals surface area contributed by atoms with Crippen LogP contribution in [0.1, 0.15) is 23.3 Å². The molecule has 2 aliphatic rings. The minimum Gasteiger partial charge on any atom is -0.331 e. The molecule has 1 aromatic carbocycles. The Labute approximate surface area is 132 Å². The van der Waals surface area contributed by atoms with E-state index >= 15 is 0 Å². The molecule has 21 heavy (non-hydrogen) atoms. The van der Waals surface area contributed by atoms with Gasteiger partial charge in [-0.2, -0.15) is 0 Å². The van der Waals surface area contributed by atoms with Crippen LogP contribution in [0.25, 0.3) is 10.4 Å². The lowest BCUT2D eigenvalue weighted by Crippen LogP contribution is -2.37. The molecule has 0 bridgehead atoms. The summed E-state index contributed by atoms with van der Waals surface area (Å²) in [5, 5.41) is 0.665. The van der Waals surface area contributed by atoms with Crippen molar-refractivity contribution in [2.45, 2.75) is 24.9 Å². The SMILES string of the molecule is [CH2][C@H]1C[C@@H]2C[C@@H]2N1C(=O)c1ncsc1-c1cccc(Cl)c1. The number of amides is 1. The molecule has 0 N–H and O–H groups in total. The molecule has 5 heteroatoms. The molecule has 2 aromatic rings. The number of aromatic nitrogens is 1. The van der Waals surface area contributed by atoms with Gasteiger partial charge in [0.15, 0.2) is 0 Å². The van der Waals surface area contributed by atoms with Gasteiger partial charge >= 0.3 is 0 Å². The zero-order chi connectivity index (χ0) is 14.6. The first-order chi connectivity index (χ1) is 10.1. The minimum absolute atomic E-state index is 0.0104. The lowest BCUT2D eigenvalue weighted by atomic mass is 10.1. The number of nitrogens with zero attached hydrogens (tertiary/aromatic N) is 2. The summed E-state index contributed by atoms with van der Waals surface area (Å²) in [6.45, 7) is 4.11. The van der Waals surface area contributed by atoms with Crippen molar-refractivity contribution in [3.63, 3.8) is 0 Å². The average Bonchev–Trinajstić information content (AvgIpc) is 2.92. The summed E-state index contributed by atoms with van der Waals surface area (Å²) in [5.74, 6) is 0.668. The lowest BCUT2D eigenvalue weighted by molar-refractivity contribution is 0.0725. The van der Waals surface area contributed by atoms with Crippen molar-refractivity contribution in [2.75, 3.05) is 0 Å². The third-order valence-electron chi connectivity index (χ3n) is 4.30. The molecule has 107 valence electrons. The minimum atomic E-state index is 0.0104. The normalized spacial score (nSPS) is 26.8. The van der Waals surface area contributed by atoms with E-state index in [1.54, 1.807) is 5.51 Å². The highest BCUT2D eigenvalue weighted by Gasteiger charge is 2.53. The average molecular weight is 318 g/mol. The molecule has 0 unspecified atom stereocenters. The second kappa shape index (κ2) is 4.82. The molecule has 1 saturated heterocycles. The number of fused-ring (bicyclic) bond motifs is 1. The van der Waals surface area contributed by atoms with E-state index in [9.17, 15) is 4.79 Å². The Kier molecular flexibility index (Phi) is 3.05. The molecule has 1 aromatic heterocycles. The Morgan fingerprint density at radius 1 is 1.43 bits per heavy atom. The van der Waals surface area contributed by atoms with E-state index in [1.165, 1.54) is 11.3 Å². The van der Waals surface area contributed by atoms with Crippen LogP contribution < -0.4 is 0 Å². The maximum Gasteiger partial charge on any atom is 0.274 e. The smallest absolute Gasteiger partial charge is 0.274 e. The van der Waals surface area contributed by atoms with E-state index in [0.29, 0.717) is 22.7 Å². The summed E-state index contributed by atoms with van der Waals surface area (Å²) in [4.78, 5) is 20.0. The maximum atomic E-state index is 12.8. The van der Waals surface area contributed by atoms with Crippen molar-refractivity contribution in [1.82, 2.24) is 9.88 Å². The summed E-state index contributed by atoms with van der Waals surface area (Å²) in [6.07, 6.45) is 2.14. The second-order valence-electron chi connectivity index (χ2n) is 5.71. The quantitative estimate of drug-likeness (QED) is 0.841. The highest BCUT2D eigenvalue weighted by atomic mass is 35.5. The molecule has 1 saturated carbocycles. The second-order valence-corrected chi connectivity index (χ2v) is 7.00. The molecule has 1 radical (unpaired) electrons. The van der Waals surface area contributed by atoms with E-state index in [-0.39, 0.29) is 11.9 Å². The van der Waals surface area contributed by atoms with Crippen molar-refractivity contribution in [3.8, 4) is 10.4 Å². The van der Waals surface area contributed by atoms with Gasteiger partial charge in [0.1, 0.15) is 5.69 Å². The van der Waals surface area contributed by atoms with Gasteiger partial charge in [0.2, 0.25) is 0 Å². The Balaban J connectivity index is 1.70. The number of thiazole rings is 1. The standard InChI is InChI=1S/C16H14ClN2OS/c1-9-5-11-7-13(11)19(9)16(20)14-15(21-8-18-14)10-3-2-4-12(17)6-10/h2-4,6,8-9,11,13H,1,5,7H2/t9-,11+,13-/m0/s1. The van der Waals surface area contributed by atoms with Gasteiger partial charge in [-0.05, 0) is 43.4 Å².